The van der Waals surface area contributed by atoms with Crippen molar-refractivity contribution in [3.8, 4) is 0 Å². The Bertz CT molecular complexity index is 881. The number of hydrogen-bond donors (Lipinski definition) is 0. The van der Waals surface area contributed by atoms with Crippen LogP contribution in [0.1, 0.15) is 0 Å². The average molecular weight is 346 g/mol. The molecule has 24 heavy (non-hydrogen) atoms. The lowest BCUT2D eigenvalue weighted by Crippen LogP contribution is -2.36. The third kappa shape index (κ3) is 2.91. The molecule has 1 aromatic heterocycles. The molecule has 0 bridgehead atoms. The zero-order valence-electron chi connectivity index (χ0n) is 12.9. The largest absolute Gasteiger partial charge is 0.378 e. The van der Waals surface area contributed by atoms with Crippen LogP contribution in [-0.4, -0.2) is 37.0 Å². The summed E-state index contributed by atoms with van der Waals surface area (Å²) in [4.78, 5) is 7.53. The fraction of sp³-hybridized carbons (Fsp3) is 0.278. The average Bonchev–Trinajstić information content (AvgIpc) is 2.60. The Hall–Kier alpha value is -1.92. The number of morpholine rings is 1. The molecule has 2 heterocycles. The van der Waals surface area contributed by atoms with E-state index in [-0.39, 0.29) is 0 Å². The minimum atomic E-state index is -2.43. The highest BCUT2D eigenvalue weighted by atomic mass is 32.2. The highest BCUT2D eigenvalue weighted by Gasteiger charge is 2.19. The summed E-state index contributed by atoms with van der Waals surface area (Å²) in [6.07, 6.45) is 0. The molecule has 0 amide bonds. The summed E-state index contributed by atoms with van der Waals surface area (Å²) in [7, 11) is 0. The SMILES string of the molecule is FC(F)Sc1ccc2nc3ccccc3c(N3CCOCC3)c2c1. The van der Waals surface area contributed by atoms with Gasteiger partial charge in [-0.3, -0.25) is 0 Å². The lowest BCUT2D eigenvalue weighted by molar-refractivity contribution is 0.123. The second-order valence-electron chi connectivity index (χ2n) is 5.63. The van der Waals surface area contributed by atoms with Crippen LogP contribution in [0.2, 0.25) is 0 Å². The topological polar surface area (TPSA) is 25.4 Å². The van der Waals surface area contributed by atoms with Gasteiger partial charge in [0.2, 0.25) is 0 Å². The first-order valence-electron chi connectivity index (χ1n) is 7.82. The zero-order chi connectivity index (χ0) is 16.5. The van der Waals surface area contributed by atoms with Crippen LogP contribution < -0.4 is 4.90 Å². The number of anilines is 1. The van der Waals surface area contributed by atoms with Gasteiger partial charge in [-0.05, 0) is 24.3 Å². The molecule has 124 valence electrons. The van der Waals surface area contributed by atoms with Gasteiger partial charge in [-0.1, -0.05) is 30.0 Å². The summed E-state index contributed by atoms with van der Waals surface area (Å²) >= 11 is 0.570. The second kappa shape index (κ2) is 6.53. The van der Waals surface area contributed by atoms with Gasteiger partial charge in [0.05, 0.1) is 29.9 Å². The summed E-state index contributed by atoms with van der Waals surface area (Å²) in [6, 6.07) is 13.3. The van der Waals surface area contributed by atoms with Gasteiger partial charge in [-0.15, -0.1) is 0 Å². The van der Waals surface area contributed by atoms with E-state index >= 15 is 0 Å². The van der Waals surface area contributed by atoms with Crippen LogP contribution in [0.3, 0.4) is 0 Å². The number of aromatic nitrogens is 1. The van der Waals surface area contributed by atoms with Gasteiger partial charge in [-0.2, -0.15) is 8.78 Å². The van der Waals surface area contributed by atoms with Crippen LogP contribution in [0.4, 0.5) is 14.5 Å². The number of pyridine rings is 1. The van der Waals surface area contributed by atoms with Crippen molar-refractivity contribution in [2.45, 2.75) is 10.7 Å². The number of alkyl halides is 2. The van der Waals surface area contributed by atoms with Crippen LogP contribution in [0.15, 0.2) is 47.4 Å². The third-order valence-electron chi connectivity index (χ3n) is 4.18. The molecule has 0 unspecified atom stereocenters. The summed E-state index contributed by atoms with van der Waals surface area (Å²) in [5.41, 5.74) is 2.81. The molecule has 1 aliphatic heterocycles. The molecule has 1 fully saturated rings. The predicted molar refractivity (Wildman–Crippen MR) is 94.1 cm³/mol. The molecule has 3 aromatic rings. The lowest BCUT2D eigenvalue weighted by atomic mass is 10.1. The molecular weight excluding hydrogens is 330 g/mol. The summed E-state index contributed by atoms with van der Waals surface area (Å²) in [5.74, 6) is -2.43. The Kier molecular flexibility index (Phi) is 4.24. The van der Waals surface area contributed by atoms with Crippen molar-refractivity contribution in [3.63, 3.8) is 0 Å². The van der Waals surface area contributed by atoms with Crippen molar-refractivity contribution < 1.29 is 13.5 Å². The third-order valence-corrected chi connectivity index (χ3v) is 4.88. The molecule has 0 aliphatic carbocycles. The fourth-order valence-electron chi connectivity index (χ4n) is 3.15. The number of thioether (sulfide) groups is 1. The molecule has 3 nitrogen and oxygen atoms in total. The molecule has 1 saturated heterocycles. The first-order chi connectivity index (χ1) is 11.7. The molecule has 6 heteroatoms. The Balaban J connectivity index is 1.96. The molecule has 0 spiro atoms. The predicted octanol–water partition coefficient (Wildman–Crippen LogP) is 4.54. The van der Waals surface area contributed by atoms with Crippen LogP contribution in [0.25, 0.3) is 21.8 Å². The van der Waals surface area contributed by atoms with Crippen LogP contribution in [0, 0.1) is 0 Å². The molecule has 1 aliphatic rings. The maximum atomic E-state index is 12.7. The van der Waals surface area contributed by atoms with Crippen molar-refractivity contribution in [2.24, 2.45) is 0 Å². The Labute approximate surface area is 142 Å². The van der Waals surface area contributed by atoms with Crippen LogP contribution in [-0.2, 0) is 4.74 Å². The van der Waals surface area contributed by atoms with Crippen molar-refractivity contribution >= 4 is 39.3 Å². The van der Waals surface area contributed by atoms with E-state index in [1.807, 2.05) is 36.4 Å². The number of rotatable bonds is 3. The van der Waals surface area contributed by atoms with E-state index in [0.29, 0.717) is 29.9 Å². The van der Waals surface area contributed by atoms with E-state index in [0.717, 1.165) is 40.6 Å². The fourth-order valence-corrected chi connectivity index (χ4v) is 3.69. The van der Waals surface area contributed by atoms with E-state index in [4.69, 9.17) is 9.72 Å². The van der Waals surface area contributed by atoms with Crippen molar-refractivity contribution in [1.82, 2.24) is 4.98 Å². The Morgan fingerprint density at radius 3 is 2.54 bits per heavy atom. The normalized spacial score (nSPS) is 15.5. The molecule has 0 N–H and O–H groups in total. The first-order valence-corrected chi connectivity index (χ1v) is 8.70. The van der Waals surface area contributed by atoms with Gasteiger partial charge in [-0.25, -0.2) is 4.98 Å². The highest BCUT2D eigenvalue weighted by molar-refractivity contribution is 7.99. The minimum absolute atomic E-state index is 0.559. The van der Waals surface area contributed by atoms with Gasteiger partial charge in [0.25, 0.3) is 5.76 Å². The van der Waals surface area contributed by atoms with Crippen molar-refractivity contribution in [2.75, 3.05) is 31.2 Å². The minimum Gasteiger partial charge on any atom is -0.378 e. The molecule has 0 saturated carbocycles. The molecule has 4 rings (SSSR count). The van der Waals surface area contributed by atoms with E-state index in [1.54, 1.807) is 6.07 Å². The number of fused-ring (bicyclic) bond motifs is 2. The number of ether oxygens (including phenoxy) is 1. The number of para-hydroxylation sites is 1. The Morgan fingerprint density at radius 1 is 1.00 bits per heavy atom. The summed E-state index contributed by atoms with van der Waals surface area (Å²) in [5, 5.41) is 1.97. The molecule has 0 radical (unpaired) electrons. The standard InChI is InChI=1S/C18H16F2N2OS/c19-18(20)24-12-5-6-16-14(11-12)17(22-7-9-23-10-8-22)13-3-1-2-4-15(13)21-16/h1-6,11,18H,7-10H2. The van der Waals surface area contributed by atoms with Gasteiger partial charge < -0.3 is 9.64 Å². The number of benzene rings is 2. The van der Waals surface area contributed by atoms with E-state index in [2.05, 4.69) is 4.90 Å². The molecular formula is C18H16F2N2OS. The number of nitrogens with zero attached hydrogens (tertiary/aromatic N) is 2. The van der Waals surface area contributed by atoms with Gasteiger partial charge >= 0.3 is 0 Å². The van der Waals surface area contributed by atoms with Crippen molar-refractivity contribution in [1.29, 1.82) is 0 Å². The maximum absolute atomic E-state index is 12.7. The number of halogens is 2. The van der Waals surface area contributed by atoms with E-state index < -0.39 is 5.76 Å². The number of hydrogen-bond acceptors (Lipinski definition) is 4. The molecule has 0 atom stereocenters. The van der Waals surface area contributed by atoms with Gasteiger partial charge in [0.15, 0.2) is 0 Å². The van der Waals surface area contributed by atoms with Gasteiger partial charge in [0.1, 0.15) is 0 Å². The second-order valence-corrected chi connectivity index (χ2v) is 6.70. The first kappa shape index (κ1) is 15.6. The molecule has 2 aromatic carbocycles. The zero-order valence-corrected chi connectivity index (χ0v) is 13.7. The summed E-state index contributed by atoms with van der Waals surface area (Å²) < 4.78 is 31.0. The van der Waals surface area contributed by atoms with E-state index in [1.165, 1.54) is 0 Å². The highest BCUT2D eigenvalue weighted by Crippen LogP contribution is 2.37. The van der Waals surface area contributed by atoms with Gasteiger partial charge in [0, 0.05) is 28.8 Å². The van der Waals surface area contributed by atoms with Crippen LogP contribution in [0.5, 0.6) is 0 Å². The smallest absolute Gasteiger partial charge is 0.288 e. The Morgan fingerprint density at radius 2 is 1.75 bits per heavy atom. The quantitative estimate of drug-likeness (QED) is 0.514. The lowest BCUT2D eigenvalue weighted by Gasteiger charge is -2.31. The van der Waals surface area contributed by atoms with Crippen molar-refractivity contribution in [3.05, 3.63) is 42.5 Å². The maximum Gasteiger partial charge on any atom is 0.288 e. The van der Waals surface area contributed by atoms with Crippen LogP contribution >= 0.6 is 11.8 Å². The summed E-state index contributed by atoms with van der Waals surface area (Å²) in [6.45, 7) is 2.91. The van der Waals surface area contributed by atoms with E-state index in [9.17, 15) is 8.78 Å². The monoisotopic (exact) mass is 346 g/mol.